The SMILES string of the molecule is O=C(NCC#Cc1cccc(C(F)(F)F)c1)c1c[nH]c2ccccc12. The molecule has 1 amide bonds. The second-order valence-electron chi connectivity index (χ2n) is 5.31. The van der Waals surface area contributed by atoms with Gasteiger partial charge in [-0.05, 0) is 24.3 Å². The van der Waals surface area contributed by atoms with Crippen LogP contribution in [0.2, 0.25) is 0 Å². The van der Waals surface area contributed by atoms with E-state index >= 15 is 0 Å². The lowest BCUT2D eigenvalue weighted by Gasteiger charge is -2.05. The summed E-state index contributed by atoms with van der Waals surface area (Å²) in [6, 6.07) is 12.1. The van der Waals surface area contributed by atoms with Gasteiger partial charge in [-0.25, -0.2) is 0 Å². The summed E-state index contributed by atoms with van der Waals surface area (Å²) in [7, 11) is 0. The highest BCUT2D eigenvalue weighted by Gasteiger charge is 2.30. The molecule has 0 spiro atoms. The minimum atomic E-state index is -4.40. The quantitative estimate of drug-likeness (QED) is 0.680. The number of alkyl halides is 3. The first kappa shape index (κ1) is 16.7. The number of aromatic nitrogens is 1. The smallest absolute Gasteiger partial charge is 0.360 e. The molecule has 6 heteroatoms. The van der Waals surface area contributed by atoms with E-state index in [1.54, 1.807) is 6.20 Å². The van der Waals surface area contributed by atoms with Crippen LogP contribution >= 0.6 is 0 Å². The van der Waals surface area contributed by atoms with E-state index in [2.05, 4.69) is 22.1 Å². The lowest BCUT2D eigenvalue weighted by molar-refractivity contribution is -0.137. The average Bonchev–Trinajstić information content (AvgIpc) is 3.02. The fourth-order valence-electron chi connectivity index (χ4n) is 2.40. The van der Waals surface area contributed by atoms with Crippen LogP contribution in [0.5, 0.6) is 0 Å². The van der Waals surface area contributed by atoms with Crippen molar-refractivity contribution < 1.29 is 18.0 Å². The third kappa shape index (κ3) is 3.83. The molecule has 3 nitrogen and oxygen atoms in total. The van der Waals surface area contributed by atoms with Crippen molar-refractivity contribution in [3.63, 3.8) is 0 Å². The second kappa shape index (κ2) is 6.73. The molecule has 2 N–H and O–H groups in total. The summed E-state index contributed by atoms with van der Waals surface area (Å²) >= 11 is 0. The van der Waals surface area contributed by atoms with Crippen molar-refractivity contribution in [1.82, 2.24) is 10.3 Å². The molecular weight excluding hydrogens is 329 g/mol. The highest BCUT2D eigenvalue weighted by atomic mass is 19.4. The standard InChI is InChI=1S/C19H13F3N2O/c20-19(21,22)14-7-3-5-13(11-14)6-4-10-23-18(25)16-12-24-17-9-2-1-8-15(16)17/h1-3,5,7-9,11-12,24H,10H2,(H,23,25). The van der Waals surface area contributed by atoms with E-state index < -0.39 is 11.7 Å². The van der Waals surface area contributed by atoms with Gasteiger partial charge in [0.2, 0.25) is 0 Å². The van der Waals surface area contributed by atoms with Gasteiger partial charge >= 0.3 is 6.18 Å². The monoisotopic (exact) mass is 342 g/mol. The Morgan fingerprint density at radius 3 is 2.72 bits per heavy atom. The van der Waals surface area contributed by atoms with E-state index in [1.807, 2.05) is 24.3 Å². The number of hydrogen-bond donors (Lipinski definition) is 2. The van der Waals surface area contributed by atoms with Gasteiger partial charge in [-0.2, -0.15) is 13.2 Å². The third-order valence-corrected chi connectivity index (χ3v) is 3.59. The zero-order valence-electron chi connectivity index (χ0n) is 12.9. The largest absolute Gasteiger partial charge is 0.416 e. The Hall–Kier alpha value is -3.20. The molecule has 0 saturated carbocycles. The maximum atomic E-state index is 12.6. The third-order valence-electron chi connectivity index (χ3n) is 3.59. The molecule has 0 atom stereocenters. The number of halogens is 3. The number of fused-ring (bicyclic) bond motifs is 1. The molecule has 0 bridgehead atoms. The molecular formula is C19H13F3N2O. The van der Waals surface area contributed by atoms with Crippen LogP contribution in [0.15, 0.2) is 54.7 Å². The Bertz CT molecular complexity index is 977. The fraction of sp³-hybridized carbons (Fsp3) is 0.105. The predicted octanol–water partition coefficient (Wildman–Crippen LogP) is 3.97. The number of carbonyl (C=O) groups is 1. The molecule has 0 unspecified atom stereocenters. The molecule has 0 aliphatic carbocycles. The Morgan fingerprint density at radius 2 is 1.92 bits per heavy atom. The summed E-state index contributed by atoms with van der Waals surface area (Å²) in [6.45, 7) is 0.0363. The molecule has 3 aromatic rings. The molecule has 25 heavy (non-hydrogen) atoms. The van der Waals surface area contributed by atoms with Gasteiger partial charge in [0.1, 0.15) is 0 Å². The first-order chi connectivity index (χ1) is 11.9. The van der Waals surface area contributed by atoms with Gasteiger partial charge in [-0.1, -0.05) is 36.1 Å². The molecule has 0 saturated heterocycles. The minimum absolute atomic E-state index is 0.0363. The van der Waals surface area contributed by atoms with E-state index in [-0.39, 0.29) is 18.0 Å². The van der Waals surface area contributed by atoms with Crippen LogP contribution in [0.1, 0.15) is 21.5 Å². The van der Waals surface area contributed by atoms with Gasteiger partial charge < -0.3 is 10.3 Å². The van der Waals surface area contributed by atoms with Crippen LogP contribution in [0.3, 0.4) is 0 Å². The van der Waals surface area contributed by atoms with E-state index in [0.29, 0.717) is 5.56 Å². The number of carbonyl (C=O) groups excluding carboxylic acids is 1. The number of aromatic amines is 1. The van der Waals surface area contributed by atoms with Crippen molar-refractivity contribution >= 4 is 16.8 Å². The first-order valence-corrected chi connectivity index (χ1v) is 7.45. The van der Waals surface area contributed by atoms with E-state index in [4.69, 9.17) is 0 Å². The number of H-pyrrole nitrogens is 1. The summed E-state index contributed by atoms with van der Waals surface area (Å²) in [5.74, 6) is 4.99. The number of rotatable bonds is 2. The molecule has 2 aromatic carbocycles. The van der Waals surface area contributed by atoms with Gasteiger partial charge in [0, 0.05) is 22.7 Å². The van der Waals surface area contributed by atoms with E-state index in [0.717, 1.165) is 23.0 Å². The molecule has 0 aliphatic rings. The molecule has 3 rings (SSSR count). The second-order valence-corrected chi connectivity index (χ2v) is 5.31. The van der Waals surface area contributed by atoms with Crippen LogP contribution < -0.4 is 5.32 Å². The number of nitrogens with one attached hydrogen (secondary N) is 2. The molecule has 1 heterocycles. The van der Waals surface area contributed by atoms with Gasteiger partial charge in [-0.3, -0.25) is 4.79 Å². The van der Waals surface area contributed by atoms with E-state index in [1.165, 1.54) is 12.1 Å². The summed E-state index contributed by atoms with van der Waals surface area (Å²) in [6.07, 6.45) is -2.79. The van der Waals surface area contributed by atoms with Crippen molar-refractivity contribution in [3.8, 4) is 11.8 Å². The van der Waals surface area contributed by atoms with Crippen LogP contribution in [0.25, 0.3) is 10.9 Å². The number of amides is 1. The number of para-hydroxylation sites is 1. The summed E-state index contributed by atoms with van der Waals surface area (Å²) < 4.78 is 37.9. The van der Waals surface area contributed by atoms with Crippen molar-refractivity contribution in [1.29, 1.82) is 0 Å². The average molecular weight is 342 g/mol. The van der Waals surface area contributed by atoms with Crippen LogP contribution in [-0.2, 0) is 6.18 Å². The van der Waals surface area contributed by atoms with Gasteiger partial charge in [0.25, 0.3) is 5.91 Å². The zero-order valence-corrected chi connectivity index (χ0v) is 12.9. The molecule has 1 aromatic heterocycles. The topological polar surface area (TPSA) is 44.9 Å². The Labute approximate surface area is 141 Å². The van der Waals surface area contributed by atoms with Gasteiger partial charge in [-0.15, -0.1) is 0 Å². The van der Waals surface area contributed by atoms with Crippen molar-refractivity contribution in [2.45, 2.75) is 6.18 Å². The maximum absolute atomic E-state index is 12.6. The molecule has 126 valence electrons. The normalized spacial score (nSPS) is 11.0. The summed E-state index contributed by atoms with van der Waals surface area (Å²) in [5.41, 5.74) is 0.845. The highest BCUT2D eigenvalue weighted by Crippen LogP contribution is 2.29. The first-order valence-electron chi connectivity index (χ1n) is 7.45. The van der Waals surface area contributed by atoms with E-state index in [9.17, 15) is 18.0 Å². The number of benzene rings is 2. The highest BCUT2D eigenvalue weighted by molar-refractivity contribution is 6.06. The predicted molar refractivity (Wildman–Crippen MR) is 89.0 cm³/mol. The molecule has 0 fully saturated rings. The Morgan fingerprint density at radius 1 is 1.12 bits per heavy atom. The lowest BCUT2D eigenvalue weighted by atomic mass is 10.1. The van der Waals surface area contributed by atoms with Crippen molar-refractivity contribution in [2.75, 3.05) is 6.54 Å². The number of hydrogen-bond acceptors (Lipinski definition) is 1. The molecule has 0 aliphatic heterocycles. The summed E-state index contributed by atoms with van der Waals surface area (Å²) in [5, 5.41) is 3.43. The van der Waals surface area contributed by atoms with Crippen LogP contribution in [-0.4, -0.2) is 17.4 Å². The maximum Gasteiger partial charge on any atom is 0.416 e. The van der Waals surface area contributed by atoms with Gasteiger partial charge in [0.15, 0.2) is 0 Å². The fourth-order valence-corrected chi connectivity index (χ4v) is 2.40. The Kier molecular flexibility index (Phi) is 4.48. The zero-order chi connectivity index (χ0) is 17.9. The summed E-state index contributed by atoms with van der Waals surface area (Å²) in [4.78, 5) is 15.2. The minimum Gasteiger partial charge on any atom is -0.360 e. The Balaban J connectivity index is 1.66. The van der Waals surface area contributed by atoms with Crippen LogP contribution in [0.4, 0.5) is 13.2 Å². The van der Waals surface area contributed by atoms with Gasteiger partial charge in [0.05, 0.1) is 17.7 Å². The van der Waals surface area contributed by atoms with Crippen molar-refractivity contribution in [3.05, 3.63) is 71.4 Å². The van der Waals surface area contributed by atoms with Crippen LogP contribution in [0, 0.1) is 11.8 Å². The molecule has 0 radical (unpaired) electrons. The van der Waals surface area contributed by atoms with Crippen molar-refractivity contribution in [2.24, 2.45) is 0 Å². The lowest BCUT2D eigenvalue weighted by Crippen LogP contribution is -2.23.